The molecule has 1 N–H and O–H groups in total. The third kappa shape index (κ3) is 3.20. The molecule has 3 rings (SSSR count). The van der Waals surface area contributed by atoms with Crippen LogP contribution in [0.1, 0.15) is 29.4 Å². The Kier molecular flexibility index (Phi) is 4.68. The molecule has 0 atom stereocenters. The lowest BCUT2D eigenvalue weighted by atomic mass is 10.2. The summed E-state index contributed by atoms with van der Waals surface area (Å²) in [5, 5.41) is 3.20. The van der Waals surface area contributed by atoms with Crippen molar-refractivity contribution in [1.29, 1.82) is 0 Å². The molecular weight excluding hydrogens is 338 g/mol. The molecule has 5 nitrogen and oxygen atoms in total. The number of urea groups is 1. The second kappa shape index (κ2) is 6.76. The Morgan fingerprint density at radius 1 is 1.20 bits per heavy atom. The van der Waals surface area contributed by atoms with E-state index in [0.717, 1.165) is 29.1 Å². The van der Waals surface area contributed by atoms with E-state index in [1.165, 1.54) is 4.90 Å². The number of halogens is 1. The SMILES string of the molecule is CCn1c(C)cc(/C=C2\NC(=O)N(Cc3ccccc3Cl)C2=O)c1C. The molecule has 2 heterocycles. The number of aromatic nitrogens is 1. The van der Waals surface area contributed by atoms with Gasteiger partial charge in [-0.15, -0.1) is 0 Å². The summed E-state index contributed by atoms with van der Waals surface area (Å²) in [4.78, 5) is 26.0. The van der Waals surface area contributed by atoms with Gasteiger partial charge in [0.15, 0.2) is 0 Å². The quantitative estimate of drug-likeness (QED) is 0.667. The van der Waals surface area contributed by atoms with E-state index in [4.69, 9.17) is 11.6 Å². The molecule has 1 aromatic carbocycles. The minimum absolute atomic E-state index is 0.148. The van der Waals surface area contributed by atoms with E-state index in [-0.39, 0.29) is 18.1 Å². The van der Waals surface area contributed by atoms with Crippen LogP contribution in [0.25, 0.3) is 6.08 Å². The van der Waals surface area contributed by atoms with Gasteiger partial charge in [-0.05, 0) is 50.1 Å². The van der Waals surface area contributed by atoms with Gasteiger partial charge >= 0.3 is 6.03 Å². The van der Waals surface area contributed by atoms with E-state index < -0.39 is 6.03 Å². The van der Waals surface area contributed by atoms with Crippen molar-refractivity contribution in [2.75, 3.05) is 0 Å². The summed E-state index contributed by atoms with van der Waals surface area (Å²) in [6.07, 6.45) is 1.74. The van der Waals surface area contributed by atoms with Crippen LogP contribution in [-0.4, -0.2) is 21.4 Å². The Morgan fingerprint density at radius 2 is 1.92 bits per heavy atom. The van der Waals surface area contributed by atoms with Gasteiger partial charge in [0.2, 0.25) is 0 Å². The molecule has 2 aromatic rings. The summed E-state index contributed by atoms with van der Waals surface area (Å²) >= 11 is 6.13. The van der Waals surface area contributed by atoms with Crippen LogP contribution in [0.15, 0.2) is 36.0 Å². The molecule has 1 aliphatic rings. The Morgan fingerprint density at radius 3 is 2.56 bits per heavy atom. The lowest BCUT2D eigenvalue weighted by Crippen LogP contribution is -2.30. The molecule has 1 aromatic heterocycles. The van der Waals surface area contributed by atoms with Gasteiger partial charge in [-0.3, -0.25) is 9.69 Å². The molecule has 3 amide bonds. The minimum atomic E-state index is -0.430. The third-order valence-electron chi connectivity index (χ3n) is 4.48. The first-order valence-corrected chi connectivity index (χ1v) is 8.54. The highest BCUT2D eigenvalue weighted by molar-refractivity contribution is 6.31. The zero-order valence-electron chi connectivity index (χ0n) is 14.5. The van der Waals surface area contributed by atoms with E-state index in [1.54, 1.807) is 18.2 Å². The maximum atomic E-state index is 12.6. The van der Waals surface area contributed by atoms with Crippen LogP contribution in [0.2, 0.25) is 5.02 Å². The zero-order chi connectivity index (χ0) is 18.1. The Hall–Kier alpha value is -2.53. The van der Waals surface area contributed by atoms with Crippen LogP contribution in [-0.2, 0) is 17.9 Å². The summed E-state index contributed by atoms with van der Waals surface area (Å²) in [7, 11) is 0. The molecule has 1 fully saturated rings. The molecule has 0 saturated carbocycles. The summed E-state index contributed by atoms with van der Waals surface area (Å²) in [5.74, 6) is -0.341. The van der Waals surface area contributed by atoms with Gasteiger partial charge in [-0.2, -0.15) is 0 Å². The molecule has 25 heavy (non-hydrogen) atoms. The number of benzene rings is 1. The standard InChI is InChI=1S/C19H20ClN3O2/c1-4-22-12(2)9-15(13(22)3)10-17-18(24)23(19(25)21-17)11-14-7-5-6-8-16(14)20/h5-10H,4,11H2,1-3H3,(H,21,25)/b17-10-. The van der Waals surface area contributed by atoms with Crippen LogP contribution >= 0.6 is 11.6 Å². The Labute approximate surface area is 151 Å². The monoisotopic (exact) mass is 357 g/mol. The van der Waals surface area contributed by atoms with Crippen LogP contribution in [0, 0.1) is 13.8 Å². The first-order valence-electron chi connectivity index (χ1n) is 8.17. The lowest BCUT2D eigenvalue weighted by Gasteiger charge is -2.12. The largest absolute Gasteiger partial charge is 0.349 e. The van der Waals surface area contributed by atoms with E-state index in [9.17, 15) is 9.59 Å². The number of carbonyl (C=O) groups is 2. The highest BCUT2D eigenvalue weighted by Gasteiger charge is 2.34. The van der Waals surface area contributed by atoms with Gasteiger partial charge < -0.3 is 9.88 Å². The first kappa shape index (κ1) is 17.3. The fraction of sp³-hybridized carbons (Fsp3) is 0.263. The van der Waals surface area contributed by atoms with Crippen molar-refractivity contribution >= 4 is 29.6 Å². The molecule has 1 aliphatic heterocycles. The van der Waals surface area contributed by atoms with E-state index in [2.05, 4.69) is 16.8 Å². The van der Waals surface area contributed by atoms with Gasteiger partial charge in [0.1, 0.15) is 5.70 Å². The number of amides is 3. The third-order valence-corrected chi connectivity index (χ3v) is 4.85. The van der Waals surface area contributed by atoms with Crippen molar-refractivity contribution in [3.8, 4) is 0 Å². The summed E-state index contributed by atoms with van der Waals surface area (Å²) in [5.41, 5.74) is 4.14. The topological polar surface area (TPSA) is 54.3 Å². The van der Waals surface area contributed by atoms with Gasteiger partial charge in [-0.1, -0.05) is 29.8 Å². The first-order chi connectivity index (χ1) is 11.9. The van der Waals surface area contributed by atoms with Crippen molar-refractivity contribution < 1.29 is 9.59 Å². The fourth-order valence-corrected chi connectivity index (χ4v) is 3.32. The van der Waals surface area contributed by atoms with Crippen LogP contribution in [0.3, 0.4) is 0 Å². The van der Waals surface area contributed by atoms with Crippen molar-refractivity contribution in [2.45, 2.75) is 33.9 Å². The molecule has 6 heteroatoms. The smallest absolute Gasteiger partial charge is 0.329 e. The summed E-state index contributed by atoms with van der Waals surface area (Å²) in [6.45, 7) is 7.11. The average Bonchev–Trinajstić information content (AvgIpc) is 2.99. The number of imide groups is 1. The van der Waals surface area contributed by atoms with Gasteiger partial charge in [0, 0.05) is 23.0 Å². The molecule has 0 unspecified atom stereocenters. The van der Waals surface area contributed by atoms with Gasteiger partial charge in [0.05, 0.1) is 6.54 Å². The fourth-order valence-electron chi connectivity index (χ4n) is 3.13. The predicted molar refractivity (Wildman–Crippen MR) is 98.1 cm³/mol. The Balaban J connectivity index is 1.87. The second-order valence-electron chi connectivity index (χ2n) is 6.04. The summed E-state index contributed by atoms with van der Waals surface area (Å²) < 4.78 is 2.16. The number of aryl methyl sites for hydroxylation is 1. The Bertz CT molecular complexity index is 883. The number of nitrogens with zero attached hydrogens (tertiary/aromatic N) is 2. The normalized spacial score (nSPS) is 16.0. The molecule has 1 saturated heterocycles. The van der Waals surface area contributed by atoms with Crippen LogP contribution in [0.4, 0.5) is 4.79 Å². The summed E-state index contributed by atoms with van der Waals surface area (Å²) in [6, 6.07) is 8.77. The van der Waals surface area contributed by atoms with Gasteiger partial charge in [-0.25, -0.2) is 4.79 Å². The number of nitrogens with one attached hydrogen (secondary N) is 1. The highest BCUT2D eigenvalue weighted by Crippen LogP contribution is 2.23. The molecule has 0 bridgehead atoms. The van der Waals surface area contributed by atoms with Crippen molar-refractivity contribution in [3.63, 3.8) is 0 Å². The van der Waals surface area contributed by atoms with Crippen molar-refractivity contribution in [1.82, 2.24) is 14.8 Å². The van der Waals surface area contributed by atoms with E-state index >= 15 is 0 Å². The zero-order valence-corrected chi connectivity index (χ0v) is 15.2. The number of carbonyl (C=O) groups excluding carboxylic acids is 2. The average molecular weight is 358 g/mol. The van der Waals surface area contributed by atoms with Crippen molar-refractivity contribution in [2.24, 2.45) is 0 Å². The van der Waals surface area contributed by atoms with E-state index in [1.807, 2.05) is 32.0 Å². The van der Waals surface area contributed by atoms with Gasteiger partial charge in [0.25, 0.3) is 5.91 Å². The van der Waals surface area contributed by atoms with Crippen molar-refractivity contribution in [3.05, 3.63) is 63.6 Å². The molecular formula is C19H20ClN3O2. The maximum Gasteiger partial charge on any atom is 0.329 e. The second-order valence-corrected chi connectivity index (χ2v) is 6.45. The lowest BCUT2D eigenvalue weighted by molar-refractivity contribution is -0.123. The molecule has 130 valence electrons. The number of hydrogen-bond donors (Lipinski definition) is 1. The predicted octanol–water partition coefficient (Wildman–Crippen LogP) is 3.87. The van der Waals surface area contributed by atoms with E-state index in [0.29, 0.717) is 5.02 Å². The molecule has 0 spiro atoms. The molecule has 0 aliphatic carbocycles. The number of rotatable bonds is 4. The maximum absolute atomic E-state index is 12.6. The van der Waals surface area contributed by atoms with Crippen LogP contribution in [0.5, 0.6) is 0 Å². The van der Waals surface area contributed by atoms with Crippen LogP contribution < -0.4 is 5.32 Å². The minimum Gasteiger partial charge on any atom is -0.349 e. The number of hydrogen-bond acceptors (Lipinski definition) is 2. The highest BCUT2D eigenvalue weighted by atomic mass is 35.5. The molecule has 0 radical (unpaired) electrons.